The van der Waals surface area contributed by atoms with Crippen LogP contribution in [0.5, 0.6) is 11.5 Å². The largest absolute Gasteiger partial charge is 0.493 e. The number of methoxy groups -OCH3 is 2. The second-order valence-electron chi connectivity index (χ2n) is 8.14. The van der Waals surface area contributed by atoms with E-state index in [4.69, 9.17) is 13.9 Å². The Morgan fingerprint density at radius 3 is 2.50 bits per heavy atom. The first-order chi connectivity index (χ1) is 18.3. The van der Waals surface area contributed by atoms with Crippen molar-refractivity contribution in [1.82, 2.24) is 4.90 Å². The minimum atomic E-state index is -0.588. The molecule has 1 saturated heterocycles. The molecule has 1 fully saturated rings. The Morgan fingerprint density at radius 1 is 1.03 bits per heavy atom. The van der Waals surface area contributed by atoms with Crippen LogP contribution in [0.15, 0.2) is 63.9 Å². The molecule has 0 aliphatic carbocycles. The molecule has 0 bridgehead atoms. The fraction of sp³-hybridized carbons (Fsp3) is 0.185. The molecule has 2 heterocycles. The lowest BCUT2D eigenvalue weighted by atomic mass is 10.2. The lowest BCUT2D eigenvalue weighted by Crippen LogP contribution is -2.36. The fourth-order valence-electron chi connectivity index (χ4n) is 3.48. The number of furan rings is 1. The lowest BCUT2D eigenvalue weighted by molar-refractivity contribution is -0.127. The van der Waals surface area contributed by atoms with Crippen molar-refractivity contribution in [2.24, 2.45) is 0 Å². The number of esters is 1. The van der Waals surface area contributed by atoms with E-state index in [9.17, 15) is 19.2 Å². The van der Waals surface area contributed by atoms with E-state index in [1.165, 1.54) is 20.3 Å². The summed E-state index contributed by atoms with van der Waals surface area (Å²) in [5.74, 6) is -0.355. The average Bonchev–Trinajstić information content (AvgIpc) is 3.49. The van der Waals surface area contributed by atoms with Gasteiger partial charge in [-0.3, -0.25) is 19.3 Å². The van der Waals surface area contributed by atoms with Gasteiger partial charge in [-0.15, -0.1) is 0 Å². The zero-order valence-electron chi connectivity index (χ0n) is 20.8. The molecule has 0 radical (unpaired) electrons. The smallest absolute Gasteiger partial charge is 0.373 e. The van der Waals surface area contributed by atoms with Crippen LogP contribution in [0, 0.1) is 6.92 Å². The molecule has 0 atom stereocenters. The minimum Gasteiger partial charge on any atom is -0.493 e. The lowest BCUT2D eigenvalue weighted by Gasteiger charge is -2.12. The number of ether oxygens (including phenoxy) is 3. The number of carbonyl (C=O) groups is 4. The van der Waals surface area contributed by atoms with E-state index >= 15 is 0 Å². The maximum absolute atomic E-state index is 12.8. The van der Waals surface area contributed by atoms with Crippen LogP contribution >= 0.6 is 11.8 Å². The average molecular weight is 537 g/mol. The SMILES string of the molecule is COC(=O)c1ccc(COc2ccc(C=C3SC(=O)N(CC(=O)Nc4ccc(C)cc4)C3=O)cc2OC)o1. The van der Waals surface area contributed by atoms with Crippen LogP contribution in [0.4, 0.5) is 10.5 Å². The summed E-state index contributed by atoms with van der Waals surface area (Å²) in [6.45, 7) is 1.57. The summed E-state index contributed by atoms with van der Waals surface area (Å²) in [5, 5.41) is 2.15. The molecule has 196 valence electrons. The number of carbonyl (C=O) groups excluding carboxylic acids is 4. The Hall–Kier alpha value is -4.51. The third kappa shape index (κ3) is 6.24. The van der Waals surface area contributed by atoms with E-state index in [-0.39, 0.29) is 17.3 Å². The van der Waals surface area contributed by atoms with E-state index < -0.39 is 29.6 Å². The van der Waals surface area contributed by atoms with Gasteiger partial charge in [0.25, 0.3) is 11.1 Å². The van der Waals surface area contributed by atoms with Crippen LogP contribution in [0.25, 0.3) is 6.08 Å². The molecule has 11 heteroatoms. The number of aryl methyl sites for hydroxylation is 1. The van der Waals surface area contributed by atoms with Crippen LogP contribution in [0.2, 0.25) is 0 Å². The first-order valence-electron chi connectivity index (χ1n) is 11.4. The van der Waals surface area contributed by atoms with Gasteiger partial charge < -0.3 is 23.9 Å². The zero-order valence-corrected chi connectivity index (χ0v) is 21.6. The molecule has 4 rings (SSSR count). The van der Waals surface area contributed by atoms with E-state index in [0.717, 1.165) is 22.2 Å². The molecule has 3 aromatic rings. The van der Waals surface area contributed by atoms with Crippen LogP contribution in [-0.4, -0.2) is 48.7 Å². The number of benzene rings is 2. The predicted molar refractivity (Wildman–Crippen MR) is 140 cm³/mol. The Kier molecular flexibility index (Phi) is 8.17. The van der Waals surface area contributed by atoms with Crippen LogP contribution < -0.4 is 14.8 Å². The van der Waals surface area contributed by atoms with Gasteiger partial charge in [-0.2, -0.15) is 0 Å². The topological polar surface area (TPSA) is 124 Å². The number of amides is 3. The molecule has 10 nitrogen and oxygen atoms in total. The Balaban J connectivity index is 1.40. The van der Waals surface area contributed by atoms with E-state index in [2.05, 4.69) is 10.1 Å². The second kappa shape index (κ2) is 11.7. The fourth-order valence-corrected chi connectivity index (χ4v) is 4.31. The van der Waals surface area contributed by atoms with Crippen molar-refractivity contribution >= 4 is 46.5 Å². The molecule has 1 aliphatic heterocycles. The van der Waals surface area contributed by atoms with E-state index in [0.29, 0.717) is 28.5 Å². The van der Waals surface area contributed by atoms with Crippen molar-refractivity contribution in [3.8, 4) is 11.5 Å². The number of thioether (sulfide) groups is 1. The van der Waals surface area contributed by atoms with Crippen molar-refractivity contribution < 1.29 is 37.8 Å². The molecular formula is C27H24N2O8S. The van der Waals surface area contributed by atoms with E-state index in [1.807, 2.05) is 19.1 Å². The third-order valence-electron chi connectivity index (χ3n) is 5.41. The Morgan fingerprint density at radius 2 is 1.79 bits per heavy atom. The summed E-state index contributed by atoms with van der Waals surface area (Å²) in [5.41, 5.74) is 2.21. The zero-order chi connectivity index (χ0) is 27.2. The molecule has 0 saturated carbocycles. The standard InChI is InChI=1S/C27H24N2O8S/c1-16-4-7-18(8-5-16)28-24(30)14-29-25(31)23(38-27(29)33)13-17-6-10-20(22(12-17)34-2)36-15-19-9-11-21(37-19)26(32)35-3/h4-13H,14-15H2,1-3H3,(H,28,30). The normalized spacial score (nSPS) is 14.1. The molecule has 1 aliphatic rings. The molecule has 2 aromatic carbocycles. The molecule has 3 amide bonds. The van der Waals surface area contributed by atoms with Gasteiger partial charge in [0.1, 0.15) is 18.9 Å². The summed E-state index contributed by atoms with van der Waals surface area (Å²) in [7, 11) is 2.73. The number of nitrogens with zero attached hydrogens (tertiary/aromatic N) is 1. The number of anilines is 1. The van der Waals surface area contributed by atoms with Gasteiger partial charge in [0.15, 0.2) is 11.5 Å². The summed E-state index contributed by atoms with van der Waals surface area (Å²) >= 11 is 0.755. The van der Waals surface area contributed by atoms with Crippen molar-refractivity contribution in [2.75, 3.05) is 26.1 Å². The Labute approximate surface area is 222 Å². The molecule has 38 heavy (non-hydrogen) atoms. The first kappa shape index (κ1) is 26.6. The third-order valence-corrected chi connectivity index (χ3v) is 6.32. The van der Waals surface area contributed by atoms with Gasteiger partial charge >= 0.3 is 5.97 Å². The highest BCUT2D eigenvalue weighted by atomic mass is 32.2. The van der Waals surface area contributed by atoms with Gasteiger partial charge in [-0.05, 0) is 66.7 Å². The second-order valence-corrected chi connectivity index (χ2v) is 9.13. The highest BCUT2D eigenvalue weighted by molar-refractivity contribution is 8.18. The van der Waals surface area contributed by atoms with Crippen LogP contribution in [0.1, 0.15) is 27.4 Å². The summed E-state index contributed by atoms with van der Waals surface area (Å²) in [4.78, 5) is 50.3. The maximum Gasteiger partial charge on any atom is 0.373 e. The molecule has 1 N–H and O–H groups in total. The Bertz CT molecular complexity index is 1410. The van der Waals surface area contributed by atoms with Crippen molar-refractivity contribution in [1.29, 1.82) is 0 Å². The van der Waals surface area contributed by atoms with Crippen molar-refractivity contribution in [3.05, 3.63) is 82.1 Å². The van der Waals surface area contributed by atoms with Crippen molar-refractivity contribution in [2.45, 2.75) is 13.5 Å². The van der Waals surface area contributed by atoms with Gasteiger partial charge in [-0.25, -0.2) is 4.79 Å². The van der Waals surface area contributed by atoms with Gasteiger partial charge in [0.2, 0.25) is 11.7 Å². The van der Waals surface area contributed by atoms with E-state index in [1.54, 1.807) is 42.5 Å². The monoisotopic (exact) mass is 536 g/mol. The molecule has 0 spiro atoms. The quantitative estimate of drug-likeness (QED) is 0.308. The van der Waals surface area contributed by atoms with Crippen LogP contribution in [-0.2, 0) is 20.9 Å². The summed E-state index contributed by atoms with van der Waals surface area (Å²) < 4.78 is 21.2. The minimum absolute atomic E-state index is 0.0379. The van der Waals surface area contributed by atoms with Crippen molar-refractivity contribution in [3.63, 3.8) is 0 Å². The van der Waals surface area contributed by atoms with Gasteiger partial charge in [0, 0.05) is 5.69 Å². The number of rotatable bonds is 9. The van der Waals surface area contributed by atoms with Crippen LogP contribution in [0.3, 0.4) is 0 Å². The highest BCUT2D eigenvalue weighted by Gasteiger charge is 2.36. The first-order valence-corrected chi connectivity index (χ1v) is 12.2. The maximum atomic E-state index is 12.8. The summed E-state index contributed by atoms with van der Waals surface area (Å²) in [6, 6.07) is 15.3. The highest BCUT2D eigenvalue weighted by Crippen LogP contribution is 2.35. The molecule has 1 aromatic heterocycles. The number of imide groups is 1. The number of nitrogens with one attached hydrogen (secondary N) is 1. The molecule has 0 unspecified atom stereocenters. The van der Waals surface area contributed by atoms with Gasteiger partial charge in [-0.1, -0.05) is 23.8 Å². The predicted octanol–water partition coefficient (Wildman–Crippen LogP) is 4.64. The molecular weight excluding hydrogens is 512 g/mol. The number of hydrogen-bond acceptors (Lipinski definition) is 9. The number of hydrogen-bond donors (Lipinski definition) is 1. The summed E-state index contributed by atoms with van der Waals surface area (Å²) in [6.07, 6.45) is 1.55. The van der Waals surface area contributed by atoms with Gasteiger partial charge in [0.05, 0.1) is 19.1 Å².